The fourth-order valence-electron chi connectivity index (χ4n) is 1.92. The molecule has 0 spiro atoms. The predicted molar refractivity (Wildman–Crippen MR) is 57.0 cm³/mol. The molecule has 1 aliphatic rings. The molecule has 0 aromatic carbocycles. The summed E-state index contributed by atoms with van der Waals surface area (Å²) in [5, 5.41) is 0. The molecule has 1 saturated carbocycles. The topological polar surface area (TPSA) is 26.3 Å². The summed E-state index contributed by atoms with van der Waals surface area (Å²) in [5.74, 6) is 0.652. The zero-order chi connectivity index (χ0) is 10.2. The standard InChI is InChI=1S/C12H20O2/c1-14-12(13)10-6-5-9-11-7-3-2-4-8-11/h5,9,11H,2-4,6-8,10H2,1H3. The summed E-state index contributed by atoms with van der Waals surface area (Å²) >= 11 is 0. The van der Waals surface area contributed by atoms with E-state index in [1.54, 1.807) is 0 Å². The summed E-state index contributed by atoms with van der Waals surface area (Å²) < 4.78 is 4.57. The molecule has 1 aliphatic carbocycles. The maximum Gasteiger partial charge on any atom is 0.305 e. The molecule has 0 atom stereocenters. The van der Waals surface area contributed by atoms with Crippen molar-refractivity contribution < 1.29 is 9.53 Å². The first-order chi connectivity index (χ1) is 6.83. The van der Waals surface area contributed by atoms with Gasteiger partial charge in [0.2, 0.25) is 0 Å². The van der Waals surface area contributed by atoms with E-state index in [1.165, 1.54) is 39.2 Å². The van der Waals surface area contributed by atoms with E-state index in [9.17, 15) is 4.79 Å². The fourth-order valence-corrected chi connectivity index (χ4v) is 1.92. The third-order valence-corrected chi connectivity index (χ3v) is 2.80. The van der Waals surface area contributed by atoms with Gasteiger partial charge in [-0.2, -0.15) is 0 Å². The van der Waals surface area contributed by atoms with Crippen LogP contribution in [0, 0.1) is 5.92 Å². The molecule has 1 rings (SSSR count). The van der Waals surface area contributed by atoms with Crippen LogP contribution in [0.1, 0.15) is 44.9 Å². The first-order valence-electron chi connectivity index (χ1n) is 5.56. The molecule has 2 nitrogen and oxygen atoms in total. The van der Waals surface area contributed by atoms with Crippen molar-refractivity contribution in [1.82, 2.24) is 0 Å². The normalized spacial score (nSPS) is 18.6. The van der Waals surface area contributed by atoms with Crippen LogP contribution in [-0.2, 0) is 9.53 Å². The van der Waals surface area contributed by atoms with Crippen LogP contribution in [-0.4, -0.2) is 13.1 Å². The summed E-state index contributed by atoms with van der Waals surface area (Å²) in [4.78, 5) is 10.8. The smallest absolute Gasteiger partial charge is 0.305 e. The van der Waals surface area contributed by atoms with Crippen LogP contribution in [0.25, 0.3) is 0 Å². The molecule has 0 aromatic rings. The number of carbonyl (C=O) groups is 1. The molecule has 0 aromatic heterocycles. The van der Waals surface area contributed by atoms with E-state index in [-0.39, 0.29) is 5.97 Å². The Labute approximate surface area is 86.3 Å². The zero-order valence-electron chi connectivity index (χ0n) is 9.00. The summed E-state index contributed by atoms with van der Waals surface area (Å²) in [6.45, 7) is 0. The Hall–Kier alpha value is -0.790. The molecule has 80 valence electrons. The molecular formula is C12H20O2. The van der Waals surface area contributed by atoms with Gasteiger partial charge in [-0.25, -0.2) is 0 Å². The van der Waals surface area contributed by atoms with Gasteiger partial charge in [-0.15, -0.1) is 0 Å². The highest BCUT2D eigenvalue weighted by Crippen LogP contribution is 2.24. The van der Waals surface area contributed by atoms with Crippen LogP contribution < -0.4 is 0 Å². The number of rotatable bonds is 4. The summed E-state index contributed by atoms with van der Waals surface area (Å²) in [5.41, 5.74) is 0. The van der Waals surface area contributed by atoms with Crippen molar-refractivity contribution in [1.29, 1.82) is 0 Å². The van der Waals surface area contributed by atoms with Gasteiger partial charge >= 0.3 is 5.97 Å². The van der Waals surface area contributed by atoms with Gasteiger partial charge in [0, 0.05) is 6.42 Å². The molecule has 14 heavy (non-hydrogen) atoms. The fraction of sp³-hybridized carbons (Fsp3) is 0.750. The Morgan fingerprint density at radius 2 is 2.07 bits per heavy atom. The third-order valence-electron chi connectivity index (χ3n) is 2.80. The van der Waals surface area contributed by atoms with Crippen molar-refractivity contribution in [2.45, 2.75) is 44.9 Å². The molecule has 0 bridgehead atoms. The zero-order valence-corrected chi connectivity index (χ0v) is 9.00. The summed E-state index contributed by atoms with van der Waals surface area (Å²) in [7, 11) is 1.44. The molecular weight excluding hydrogens is 176 g/mol. The Morgan fingerprint density at radius 1 is 1.36 bits per heavy atom. The number of esters is 1. The van der Waals surface area contributed by atoms with Gasteiger partial charge < -0.3 is 4.74 Å². The van der Waals surface area contributed by atoms with E-state index in [4.69, 9.17) is 0 Å². The minimum Gasteiger partial charge on any atom is -0.469 e. The van der Waals surface area contributed by atoms with Crippen LogP contribution in [0.15, 0.2) is 12.2 Å². The van der Waals surface area contributed by atoms with Gasteiger partial charge in [0.1, 0.15) is 0 Å². The van der Waals surface area contributed by atoms with Gasteiger partial charge in [-0.1, -0.05) is 31.4 Å². The number of allylic oxidation sites excluding steroid dienone is 2. The van der Waals surface area contributed by atoms with Crippen molar-refractivity contribution in [2.24, 2.45) is 5.92 Å². The van der Waals surface area contributed by atoms with E-state index in [2.05, 4.69) is 16.9 Å². The highest BCUT2D eigenvalue weighted by Gasteiger charge is 2.09. The third kappa shape index (κ3) is 4.45. The van der Waals surface area contributed by atoms with Crippen molar-refractivity contribution in [3.8, 4) is 0 Å². The van der Waals surface area contributed by atoms with E-state index in [0.717, 1.165) is 12.3 Å². The van der Waals surface area contributed by atoms with Crippen molar-refractivity contribution in [3.63, 3.8) is 0 Å². The number of ether oxygens (including phenoxy) is 1. The van der Waals surface area contributed by atoms with Gasteiger partial charge in [0.05, 0.1) is 7.11 Å². The van der Waals surface area contributed by atoms with Crippen molar-refractivity contribution in [3.05, 3.63) is 12.2 Å². The molecule has 0 unspecified atom stereocenters. The van der Waals surface area contributed by atoms with Gasteiger partial charge in [-0.05, 0) is 25.2 Å². The Morgan fingerprint density at radius 3 is 2.71 bits per heavy atom. The maximum absolute atomic E-state index is 10.8. The molecule has 2 heteroatoms. The van der Waals surface area contributed by atoms with Crippen LogP contribution in [0.4, 0.5) is 0 Å². The highest BCUT2D eigenvalue weighted by molar-refractivity contribution is 5.69. The molecule has 1 fully saturated rings. The van der Waals surface area contributed by atoms with Crippen molar-refractivity contribution >= 4 is 5.97 Å². The lowest BCUT2D eigenvalue weighted by Gasteiger charge is -2.17. The van der Waals surface area contributed by atoms with E-state index >= 15 is 0 Å². The van der Waals surface area contributed by atoms with Gasteiger partial charge in [-0.3, -0.25) is 4.79 Å². The first-order valence-corrected chi connectivity index (χ1v) is 5.56. The second-order valence-electron chi connectivity index (χ2n) is 3.94. The number of carbonyl (C=O) groups excluding carboxylic acids is 1. The minimum atomic E-state index is -0.113. The summed E-state index contributed by atoms with van der Waals surface area (Å²) in [6.07, 6.45) is 12.5. The lowest BCUT2D eigenvalue weighted by molar-refractivity contribution is -0.140. The number of hydrogen-bond acceptors (Lipinski definition) is 2. The van der Waals surface area contributed by atoms with E-state index in [1.807, 2.05) is 0 Å². The average Bonchev–Trinajstić information content (AvgIpc) is 2.25. The van der Waals surface area contributed by atoms with Crippen LogP contribution >= 0.6 is 0 Å². The average molecular weight is 196 g/mol. The quantitative estimate of drug-likeness (QED) is 0.510. The number of hydrogen-bond donors (Lipinski definition) is 0. The SMILES string of the molecule is COC(=O)CCC=CC1CCCCC1. The van der Waals surface area contributed by atoms with E-state index < -0.39 is 0 Å². The van der Waals surface area contributed by atoms with Crippen LogP contribution in [0.2, 0.25) is 0 Å². The lowest BCUT2D eigenvalue weighted by atomic mass is 9.89. The van der Waals surface area contributed by atoms with Gasteiger partial charge in [0.15, 0.2) is 0 Å². The molecule has 0 N–H and O–H groups in total. The maximum atomic E-state index is 10.8. The lowest BCUT2D eigenvalue weighted by Crippen LogP contribution is -2.03. The Kier molecular flexibility index (Phi) is 5.35. The second-order valence-corrected chi connectivity index (χ2v) is 3.94. The number of methoxy groups -OCH3 is 1. The molecule has 0 saturated heterocycles. The molecule has 0 radical (unpaired) electrons. The largest absolute Gasteiger partial charge is 0.469 e. The van der Waals surface area contributed by atoms with Crippen LogP contribution in [0.3, 0.4) is 0 Å². The van der Waals surface area contributed by atoms with Gasteiger partial charge in [0.25, 0.3) is 0 Å². The highest BCUT2D eigenvalue weighted by atomic mass is 16.5. The second kappa shape index (κ2) is 6.63. The molecule has 0 aliphatic heterocycles. The van der Waals surface area contributed by atoms with Crippen molar-refractivity contribution in [2.75, 3.05) is 7.11 Å². The van der Waals surface area contributed by atoms with E-state index in [0.29, 0.717) is 6.42 Å². The van der Waals surface area contributed by atoms with Crippen LogP contribution in [0.5, 0.6) is 0 Å². The Bertz CT molecular complexity index is 190. The minimum absolute atomic E-state index is 0.113. The monoisotopic (exact) mass is 196 g/mol. The Balaban J connectivity index is 2.09. The predicted octanol–water partition coefficient (Wildman–Crippen LogP) is 3.08. The summed E-state index contributed by atoms with van der Waals surface area (Å²) in [6, 6.07) is 0. The molecule has 0 amide bonds. The first kappa shape index (κ1) is 11.3. The molecule has 0 heterocycles.